The number of nitrogens with two attached hydrogens (primary N) is 4. The normalized spacial score (nSPS) is 12.8. The molecule has 3 atom stereocenters. The maximum absolute atomic E-state index is 13.8. The third-order valence-electron chi connectivity index (χ3n) is 6.63. The minimum absolute atomic E-state index is 0.0524. The van der Waals surface area contributed by atoms with Crippen molar-refractivity contribution >= 4 is 29.5 Å². The smallest absolute Gasteiger partial charge is 0.243 e. The largest absolute Gasteiger partial charge is 0.384 e. The van der Waals surface area contributed by atoms with Gasteiger partial charge in [-0.2, -0.15) is 0 Å². The number of guanidine groups is 1. The number of carbonyl (C=O) groups is 3. The van der Waals surface area contributed by atoms with Gasteiger partial charge in [0, 0.05) is 30.9 Å². The van der Waals surface area contributed by atoms with E-state index in [0.717, 1.165) is 11.1 Å². The SMILES string of the molecule is N=C(N)c1ccc(C[C@H](C(=O)N[C@@H](Cc2ccccc2)C(=O)NC(CCCN=C(N)N)C(N)=O)c2cccnc2)cc1. The van der Waals surface area contributed by atoms with Crippen molar-refractivity contribution in [2.24, 2.45) is 27.9 Å². The van der Waals surface area contributed by atoms with Gasteiger partial charge in [-0.1, -0.05) is 60.7 Å². The van der Waals surface area contributed by atoms with E-state index in [2.05, 4.69) is 20.6 Å². The summed E-state index contributed by atoms with van der Waals surface area (Å²) in [4.78, 5) is 47.5. The summed E-state index contributed by atoms with van der Waals surface area (Å²) in [7, 11) is 0. The number of aromatic nitrogens is 1. The predicted molar refractivity (Wildman–Crippen MR) is 161 cm³/mol. The van der Waals surface area contributed by atoms with Crippen LogP contribution in [0.5, 0.6) is 0 Å². The molecule has 3 rings (SSSR count). The number of pyridine rings is 1. The molecule has 1 aromatic heterocycles. The van der Waals surface area contributed by atoms with Crippen LogP contribution < -0.4 is 33.6 Å². The van der Waals surface area contributed by atoms with Crippen molar-refractivity contribution in [2.75, 3.05) is 6.54 Å². The van der Waals surface area contributed by atoms with Gasteiger partial charge in [-0.3, -0.25) is 29.8 Å². The minimum atomic E-state index is -1.00. The summed E-state index contributed by atoms with van der Waals surface area (Å²) in [5, 5.41) is 13.2. The number of hydrogen-bond acceptors (Lipinski definition) is 6. The van der Waals surface area contributed by atoms with Gasteiger partial charge in [0.25, 0.3) is 0 Å². The van der Waals surface area contributed by atoms with E-state index in [4.69, 9.17) is 28.3 Å². The summed E-state index contributed by atoms with van der Waals surface area (Å²) in [6, 6.07) is 17.8. The Balaban J connectivity index is 1.84. The number of rotatable bonds is 15. The number of carbonyl (C=O) groups excluding carboxylic acids is 3. The van der Waals surface area contributed by atoms with Crippen molar-refractivity contribution in [3.63, 3.8) is 0 Å². The molecule has 1 heterocycles. The van der Waals surface area contributed by atoms with E-state index in [1.165, 1.54) is 0 Å². The van der Waals surface area contributed by atoms with Crippen molar-refractivity contribution in [1.29, 1.82) is 5.41 Å². The summed E-state index contributed by atoms with van der Waals surface area (Å²) < 4.78 is 0. The number of nitrogen functional groups attached to an aromatic ring is 1. The number of amidine groups is 1. The molecular weight excluding hydrogens is 534 g/mol. The lowest BCUT2D eigenvalue weighted by atomic mass is 9.91. The van der Waals surface area contributed by atoms with Crippen LogP contribution in [0.25, 0.3) is 0 Å². The van der Waals surface area contributed by atoms with E-state index in [9.17, 15) is 14.4 Å². The van der Waals surface area contributed by atoms with Crippen LogP contribution in [0.15, 0.2) is 84.1 Å². The molecule has 220 valence electrons. The molecule has 42 heavy (non-hydrogen) atoms. The van der Waals surface area contributed by atoms with Gasteiger partial charge in [-0.05, 0) is 42.0 Å². The van der Waals surface area contributed by atoms with Crippen LogP contribution in [-0.2, 0) is 27.2 Å². The molecule has 0 aliphatic heterocycles. The molecule has 0 saturated carbocycles. The average molecular weight is 572 g/mol. The minimum Gasteiger partial charge on any atom is -0.384 e. The summed E-state index contributed by atoms with van der Waals surface area (Å²) in [5.41, 5.74) is 24.7. The average Bonchev–Trinajstić information content (AvgIpc) is 2.97. The van der Waals surface area contributed by atoms with E-state index < -0.39 is 35.7 Å². The molecule has 1 unspecified atom stereocenters. The first-order valence-corrected chi connectivity index (χ1v) is 13.5. The number of primary amides is 1. The van der Waals surface area contributed by atoms with Crippen LogP contribution >= 0.6 is 0 Å². The van der Waals surface area contributed by atoms with Crippen molar-refractivity contribution < 1.29 is 14.4 Å². The Morgan fingerprint density at radius 2 is 1.48 bits per heavy atom. The van der Waals surface area contributed by atoms with Crippen LogP contribution in [-0.4, -0.2) is 53.1 Å². The second-order valence-corrected chi connectivity index (χ2v) is 9.82. The maximum Gasteiger partial charge on any atom is 0.243 e. The quantitative estimate of drug-likeness (QED) is 0.0772. The Labute approximate surface area is 244 Å². The highest BCUT2D eigenvalue weighted by Gasteiger charge is 2.29. The number of nitrogens with zero attached hydrogens (tertiary/aromatic N) is 2. The van der Waals surface area contributed by atoms with Gasteiger partial charge in [-0.15, -0.1) is 0 Å². The maximum atomic E-state index is 13.8. The first-order chi connectivity index (χ1) is 20.1. The Morgan fingerprint density at radius 3 is 2.07 bits per heavy atom. The van der Waals surface area contributed by atoms with Crippen LogP contribution in [0.2, 0.25) is 0 Å². The molecule has 12 heteroatoms. The number of hydrogen-bond donors (Lipinski definition) is 7. The second kappa shape index (κ2) is 15.5. The van der Waals surface area contributed by atoms with E-state index in [0.29, 0.717) is 24.0 Å². The van der Waals surface area contributed by atoms with Gasteiger partial charge >= 0.3 is 0 Å². The van der Waals surface area contributed by atoms with Gasteiger partial charge in [0.1, 0.15) is 17.9 Å². The van der Waals surface area contributed by atoms with E-state index in [1.807, 2.05) is 30.3 Å². The molecule has 3 aromatic rings. The lowest BCUT2D eigenvalue weighted by molar-refractivity contribution is -0.131. The molecular formula is C30H37N9O3. The van der Waals surface area contributed by atoms with Gasteiger partial charge in [0.15, 0.2) is 5.96 Å². The van der Waals surface area contributed by atoms with Crippen molar-refractivity contribution in [3.8, 4) is 0 Å². The Hall–Kier alpha value is -5.26. The highest BCUT2D eigenvalue weighted by Crippen LogP contribution is 2.22. The second-order valence-electron chi connectivity index (χ2n) is 9.82. The van der Waals surface area contributed by atoms with Crippen LogP contribution in [0, 0.1) is 5.41 Å². The summed E-state index contributed by atoms with van der Waals surface area (Å²) in [6.45, 7) is 0.270. The molecule has 0 aliphatic rings. The van der Waals surface area contributed by atoms with E-state index >= 15 is 0 Å². The van der Waals surface area contributed by atoms with Crippen molar-refractivity contribution in [3.05, 3.63) is 101 Å². The molecule has 2 aromatic carbocycles. The fraction of sp³-hybridized carbons (Fsp3) is 0.267. The zero-order chi connectivity index (χ0) is 30.5. The lowest BCUT2D eigenvalue weighted by Crippen LogP contribution is -2.54. The third-order valence-corrected chi connectivity index (χ3v) is 6.63. The molecule has 0 bridgehead atoms. The highest BCUT2D eigenvalue weighted by molar-refractivity contribution is 5.95. The summed E-state index contributed by atoms with van der Waals surface area (Å²) in [6.07, 6.45) is 4.35. The lowest BCUT2D eigenvalue weighted by Gasteiger charge is -2.25. The number of nitrogens with one attached hydrogen (secondary N) is 3. The molecule has 11 N–H and O–H groups in total. The monoisotopic (exact) mass is 571 g/mol. The number of aliphatic imine (C=N–C) groups is 1. The summed E-state index contributed by atoms with van der Waals surface area (Å²) >= 11 is 0. The van der Waals surface area contributed by atoms with Gasteiger partial charge in [0.2, 0.25) is 17.7 Å². The van der Waals surface area contributed by atoms with Crippen LogP contribution in [0.4, 0.5) is 0 Å². The van der Waals surface area contributed by atoms with Gasteiger partial charge < -0.3 is 33.6 Å². The zero-order valence-corrected chi connectivity index (χ0v) is 23.2. The standard InChI is InChI=1S/C30H37N9O3/c31-26(32)21-12-10-20(11-13-21)16-23(22-8-4-14-36-18-22)28(41)39-25(17-19-6-2-1-3-7-19)29(42)38-24(27(33)40)9-5-15-37-30(34)35/h1-4,6-8,10-14,18,23-25H,5,9,15-17H2,(H3,31,32)(H2,33,40)(H,38,42)(H,39,41)(H4,34,35,37)/t23-,24?,25-/m0/s1. The van der Waals surface area contributed by atoms with Crippen LogP contribution in [0.3, 0.4) is 0 Å². The third kappa shape index (κ3) is 9.73. The van der Waals surface area contributed by atoms with Gasteiger partial charge in [0.05, 0.1) is 5.92 Å². The molecule has 12 nitrogen and oxygen atoms in total. The van der Waals surface area contributed by atoms with Gasteiger partial charge in [-0.25, -0.2) is 0 Å². The van der Waals surface area contributed by atoms with Crippen molar-refractivity contribution in [1.82, 2.24) is 15.6 Å². The van der Waals surface area contributed by atoms with Crippen molar-refractivity contribution in [2.45, 2.75) is 43.7 Å². The predicted octanol–water partition coefficient (Wildman–Crippen LogP) is 0.443. The fourth-order valence-electron chi connectivity index (χ4n) is 4.39. The molecule has 0 aliphatic carbocycles. The topological polar surface area (TPSA) is 228 Å². The van der Waals surface area contributed by atoms with E-state index in [1.54, 1.807) is 48.8 Å². The van der Waals surface area contributed by atoms with E-state index in [-0.39, 0.29) is 31.2 Å². The number of amides is 3. The molecule has 0 saturated heterocycles. The Kier molecular flexibility index (Phi) is 11.5. The first-order valence-electron chi connectivity index (χ1n) is 13.5. The fourth-order valence-corrected chi connectivity index (χ4v) is 4.39. The number of benzene rings is 2. The highest BCUT2D eigenvalue weighted by atomic mass is 16.2. The molecule has 0 radical (unpaired) electrons. The molecule has 0 fully saturated rings. The Bertz CT molecular complexity index is 1380. The Morgan fingerprint density at radius 1 is 0.810 bits per heavy atom. The first kappa shape index (κ1) is 31.3. The summed E-state index contributed by atoms with van der Waals surface area (Å²) in [5.74, 6) is -2.45. The molecule has 0 spiro atoms. The molecule has 3 amide bonds. The zero-order valence-electron chi connectivity index (χ0n) is 23.2. The van der Waals surface area contributed by atoms with Crippen LogP contribution in [0.1, 0.15) is 41.0 Å².